The van der Waals surface area contributed by atoms with E-state index in [9.17, 15) is 0 Å². The van der Waals surface area contributed by atoms with Crippen LogP contribution in [-0.2, 0) is 6.42 Å². The Bertz CT molecular complexity index is 508. The van der Waals surface area contributed by atoms with Crippen LogP contribution in [0, 0.1) is 0 Å². The summed E-state index contributed by atoms with van der Waals surface area (Å²) < 4.78 is 5.38. The van der Waals surface area contributed by atoms with E-state index in [-0.39, 0.29) is 0 Å². The number of unbranched alkanes of at least 4 members (excludes halogenated alkanes) is 1. The van der Waals surface area contributed by atoms with Crippen molar-refractivity contribution in [3.63, 3.8) is 0 Å². The Kier molecular flexibility index (Phi) is 4.35. The lowest BCUT2D eigenvalue weighted by atomic mass is 10.1. The minimum absolute atomic E-state index is 0.873. The Morgan fingerprint density at radius 1 is 1.06 bits per heavy atom. The van der Waals surface area contributed by atoms with Crippen molar-refractivity contribution in [1.82, 2.24) is 4.98 Å². The molecule has 2 aromatic rings. The van der Waals surface area contributed by atoms with Crippen LogP contribution in [0.5, 0.6) is 5.75 Å². The second kappa shape index (κ2) is 6.20. The van der Waals surface area contributed by atoms with E-state index in [0.717, 1.165) is 29.1 Å². The molecule has 2 nitrogen and oxygen atoms in total. The van der Waals surface area contributed by atoms with Gasteiger partial charge in [0.2, 0.25) is 0 Å². The lowest BCUT2D eigenvalue weighted by molar-refractivity contribution is 0.416. The van der Waals surface area contributed by atoms with Gasteiger partial charge in [-0.15, -0.1) is 0 Å². The summed E-state index contributed by atoms with van der Waals surface area (Å²) in [6, 6.07) is 14.2. The first-order valence-electron chi connectivity index (χ1n) is 6.44. The molecule has 0 amide bonds. The van der Waals surface area contributed by atoms with Crippen molar-refractivity contribution >= 4 is 0 Å². The largest absolute Gasteiger partial charge is 0.496 e. The van der Waals surface area contributed by atoms with Crippen molar-refractivity contribution in [3.05, 3.63) is 48.2 Å². The van der Waals surface area contributed by atoms with E-state index in [4.69, 9.17) is 9.72 Å². The third kappa shape index (κ3) is 2.89. The number of para-hydroxylation sites is 1. The van der Waals surface area contributed by atoms with E-state index in [1.807, 2.05) is 30.3 Å². The van der Waals surface area contributed by atoms with E-state index in [0.29, 0.717) is 0 Å². The van der Waals surface area contributed by atoms with Gasteiger partial charge in [-0.25, -0.2) is 0 Å². The Morgan fingerprint density at radius 3 is 2.67 bits per heavy atom. The molecule has 0 saturated heterocycles. The average Bonchev–Trinajstić information content (AvgIpc) is 2.45. The number of methoxy groups -OCH3 is 1. The van der Waals surface area contributed by atoms with E-state index >= 15 is 0 Å². The highest BCUT2D eigenvalue weighted by molar-refractivity contribution is 5.67. The average molecular weight is 241 g/mol. The summed E-state index contributed by atoms with van der Waals surface area (Å²) >= 11 is 0. The van der Waals surface area contributed by atoms with Crippen LogP contribution in [0.25, 0.3) is 11.3 Å². The summed E-state index contributed by atoms with van der Waals surface area (Å²) in [4.78, 5) is 4.71. The molecule has 0 bridgehead atoms. The van der Waals surface area contributed by atoms with Gasteiger partial charge < -0.3 is 4.74 Å². The smallest absolute Gasteiger partial charge is 0.128 e. The molecule has 0 saturated carbocycles. The van der Waals surface area contributed by atoms with Gasteiger partial charge in [-0.05, 0) is 37.1 Å². The Balaban J connectivity index is 2.32. The molecular weight excluding hydrogens is 222 g/mol. The highest BCUT2D eigenvalue weighted by Crippen LogP contribution is 2.28. The molecule has 0 aliphatic carbocycles. The summed E-state index contributed by atoms with van der Waals surface area (Å²) in [5.74, 6) is 0.873. The van der Waals surface area contributed by atoms with Crippen molar-refractivity contribution in [2.75, 3.05) is 7.11 Å². The van der Waals surface area contributed by atoms with Crippen molar-refractivity contribution in [3.8, 4) is 17.0 Å². The monoisotopic (exact) mass is 241 g/mol. The van der Waals surface area contributed by atoms with Crippen LogP contribution < -0.4 is 4.74 Å². The second-order valence-electron chi connectivity index (χ2n) is 4.32. The quantitative estimate of drug-likeness (QED) is 0.786. The summed E-state index contributed by atoms with van der Waals surface area (Å²) in [6.07, 6.45) is 3.42. The van der Waals surface area contributed by atoms with Crippen LogP contribution in [0.1, 0.15) is 25.5 Å². The highest BCUT2D eigenvalue weighted by atomic mass is 16.5. The predicted octanol–water partition coefficient (Wildman–Crippen LogP) is 4.10. The van der Waals surface area contributed by atoms with Crippen LogP contribution in [0.3, 0.4) is 0 Å². The number of aromatic nitrogens is 1. The number of nitrogens with zero attached hydrogens (tertiary/aromatic N) is 1. The van der Waals surface area contributed by atoms with Crippen molar-refractivity contribution in [2.45, 2.75) is 26.2 Å². The van der Waals surface area contributed by atoms with Crippen molar-refractivity contribution in [2.24, 2.45) is 0 Å². The van der Waals surface area contributed by atoms with E-state index in [1.165, 1.54) is 12.8 Å². The zero-order chi connectivity index (χ0) is 12.8. The maximum absolute atomic E-state index is 5.38. The SMILES string of the molecule is CCCCc1cccc(-c2ccccc2OC)n1. The summed E-state index contributed by atoms with van der Waals surface area (Å²) in [6.45, 7) is 2.20. The van der Waals surface area contributed by atoms with E-state index in [1.54, 1.807) is 7.11 Å². The fourth-order valence-corrected chi connectivity index (χ4v) is 1.98. The van der Waals surface area contributed by atoms with Crippen LogP contribution in [0.4, 0.5) is 0 Å². The van der Waals surface area contributed by atoms with Gasteiger partial charge in [0.25, 0.3) is 0 Å². The zero-order valence-corrected chi connectivity index (χ0v) is 11.0. The maximum Gasteiger partial charge on any atom is 0.128 e. The molecule has 0 unspecified atom stereocenters. The minimum atomic E-state index is 0.873. The molecule has 18 heavy (non-hydrogen) atoms. The predicted molar refractivity (Wildman–Crippen MR) is 74.8 cm³/mol. The van der Waals surface area contributed by atoms with Gasteiger partial charge >= 0.3 is 0 Å². The molecule has 0 fully saturated rings. The van der Waals surface area contributed by atoms with Crippen LogP contribution >= 0.6 is 0 Å². The molecule has 1 aromatic carbocycles. The molecule has 0 N–H and O–H groups in total. The van der Waals surface area contributed by atoms with Gasteiger partial charge in [0.15, 0.2) is 0 Å². The first-order chi connectivity index (χ1) is 8.85. The summed E-state index contributed by atoms with van der Waals surface area (Å²) in [5.41, 5.74) is 3.19. The van der Waals surface area contributed by atoms with Crippen LogP contribution in [0.2, 0.25) is 0 Å². The van der Waals surface area contributed by atoms with Gasteiger partial charge in [0.05, 0.1) is 12.8 Å². The Hall–Kier alpha value is -1.83. The van der Waals surface area contributed by atoms with Gasteiger partial charge in [-0.3, -0.25) is 4.98 Å². The van der Waals surface area contributed by atoms with Gasteiger partial charge in [-0.2, -0.15) is 0 Å². The number of hydrogen-bond donors (Lipinski definition) is 0. The third-order valence-corrected chi connectivity index (χ3v) is 2.98. The maximum atomic E-state index is 5.38. The standard InChI is InChI=1S/C16H19NO/c1-3-4-8-13-9-7-11-15(17-13)14-10-5-6-12-16(14)18-2/h5-7,9-12H,3-4,8H2,1-2H3. The fraction of sp³-hybridized carbons (Fsp3) is 0.312. The molecule has 0 radical (unpaired) electrons. The summed E-state index contributed by atoms with van der Waals surface area (Å²) in [5, 5.41) is 0. The normalized spacial score (nSPS) is 10.3. The summed E-state index contributed by atoms with van der Waals surface area (Å²) in [7, 11) is 1.69. The molecule has 1 aromatic heterocycles. The first-order valence-corrected chi connectivity index (χ1v) is 6.44. The lowest BCUT2D eigenvalue weighted by Gasteiger charge is -2.08. The molecule has 1 heterocycles. The van der Waals surface area contributed by atoms with Gasteiger partial charge in [0, 0.05) is 11.3 Å². The van der Waals surface area contributed by atoms with Gasteiger partial charge in [-0.1, -0.05) is 31.5 Å². The number of benzene rings is 1. The molecule has 0 atom stereocenters. The number of ether oxygens (including phenoxy) is 1. The van der Waals surface area contributed by atoms with Crippen LogP contribution in [-0.4, -0.2) is 12.1 Å². The van der Waals surface area contributed by atoms with E-state index < -0.39 is 0 Å². The van der Waals surface area contributed by atoms with Crippen molar-refractivity contribution < 1.29 is 4.74 Å². The molecule has 94 valence electrons. The molecule has 0 aliphatic heterocycles. The molecule has 0 aliphatic rings. The first kappa shape index (κ1) is 12.6. The number of hydrogen-bond acceptors (Lipinski definition) is 2. The third-order valence-electron chi connectivity index (χ3n) is 2.98. The fourth-order valence-electron chi connectivity index (χ4n) is 1.98. The molecule has 2 rings (SSSR count). The Morgan fingerprint density at radius 2 is 1.89 bits per heavy atom. The molecular formula is C16H19NO. The van der Waals surface area contributed by atoms with Crippen LogP contribution in [0.15, 0.2) is 42.5 Å². The van der Waals surface area contributed by atoms with Gasteiger partial charge in [0.1, 0.15) is 5.75 Å². The topological polar surface area (TPSA) is 22.1 Å². The van der Waals surface area contributed by atoms with Crippen molar-refractivity contribution in [1.29, 1.82) is 0 Å². The zero-order valence-electron chi connectivity index (χ0n) is 11.0. The minimum Gasteiger partial charge on any atom is -0.496 e. The Labute approximate surface area is 109 Å². The van der Waals surface area contributed by atoms with E-state index in [2.05, 4.69) is 19.1 Å². The number of aryl methyl sites for hydroxylation is 1. The molecule has 0 spiro atoms. The number of rotatable bonds is 5. The second-order valence-corrected chi connectivity index (χ2v) is 4.32. The molecule has 2 heteroatoms. The number of pyridine rings is 1. The lowest BCUT2D eigenvalue weighted by Crippen LogP contribution is -1.94. The highest BCUT2D eigenvalue weighted by Gasteiger charge is 2.06.